The molecule has 0 amide bonds. The van der Waals surface area contributed by atoms with Gasteiger partial charge in [-0.25, -0.2) is 9.59 Å². The third-order valence-electron chi connectivity index (χ3n) is 14.0. The lowest BCUT2D eigenvalue weighted by molar-refractivity contribution is -0.171. The van der Waals surface area contributed by atoms with Gasteiger partial charge in [-0.05, 0) is 98.7 Å². The maximum atomic E-state index is 12.5. The fourth-order valence-electron chi connectivity index (χ4n) is 11.0. The molecule has 0 radical (unpaired) electrons. The molecule has 4 aliphatic carbocycles. The lowest BCUT2D eigenvalue weighted by atomic mass is 9.47. The lowest BCUT2D eigenvalue weighted by Crippen LogP contribution is -2.55. The number of carbonyl (C=O) groups excluding carboxylic acids is 2. The number of esters is 2. The zero-order valence-electron chi connectivity index (χ0n) is 29.8. The molecule has 0 aromatic rings. The summed E-state index contributed by atoms with van der Waals surface area (Å²) >= 11 is 0. The van der Waals surface area contributed by atoms with E-state index in [1.54, 1.807) is 13.8 Å². The van der Waals surface area contributed by atoms with Crippen molar-refractivity contribution in [3.8, 4) is 0 Å². The maximum Gasteiger partial charge on any atom is 0.334 e. The SMILES string of the molecule is C=C[C@@](C)(O)[C@@H]1C[C@H]2C(=CC[C@H]3C(C)(C)CCC[C@]23C)C(=O)O1.C=C[C@@](C)(O)[C@@H]1C[C@H]2C(=CC[C@H]3C(C)(C)CCC[C@]23C)C(=O)O1. The molecule has 46 heavy (non-hydrogen) atoms. The molecule has 0 bridgehead atoms. The van der Waals surface area contributed by atoms with Gasteiger partial charge in [0.25, 0.3) is 0 Å². The zero-order valence-corrected chi connectivity index (χ0v) is 29.8. The number of rotatable bonds is 4. The topological polar surface area (TPSA) is 93.1 Å². The summed E-state index contributed by atoms with van der Waals surface area (Å²) < 4.78 is 11.1. The largest absolute Gasteiger partial charge is 0.456 e. The van der Waals surface area contributed by atoms with E-state index < -0.39 is 23.4 Å². The second kappa shape index (κ2) is 11.8. The number of cyclic esters (lactones) is 2. The molecule has 6 heteroatoms. The van der Waals surface area contributed by atoms with Gasteiger partial charge in [0.15, 0.2) is 0 Å². The molecule has 6 rings (SSSR count). The van der Waals surface area contributed by atoms with Gasteiger partial charge in [-0.2, -0.15) is 0 Å². The molecule has 2 saturated heterocycles. The van der Waals surface area contributed by atoms with Crippen LogP contribution in [0.5, 0.6) is 0 Å². The molecule has 6 aliphatic rings. The number of allylic oxidation sites excluding steroid dienone is 2. The van der Waals surface area contributed by atoms with E-state index in [-0.39, 0.29) is 34.6 Å². The second-order valence-electron chi connectivity index (χ2n) is 17.8. The molecule has 2 N–H and O–H groups in total. The maximum absolute atomic E-state index is 12.5. The summed E-state index contributed by atoms with van der Waals surface area (Å²) in [5, 5.41) is 21.0. The van der Waals surface area contributed by atoms with Crippen molar-refractivity contribution in [2.75, 3.05) is 0 Å². The Balaban J connectivity index is 0.000000181. The van der Waals surface area contributed by atoms with Gasteiger partial charge in [0, 0.05) is 23.0 Å². The van der Waals surface area contributed by atoms with Crippen LogP contribution in [0.2, 0.25) is 0 Å². The van der Waals surface area contributed by atoms with Crippen molar-refractivity contribution < 1.29 is 29.3 Å². The van der Waals surface area contributed by atoms with Crippen molar-refractivity contribution in [1.82, 2.24) is 0 Å². The minimum atomic E-state index is -1.17. The highest BCUT2D eigenvalue weighted by atomic mass is 16.6. The minimum Gasteiger partial charge on any atom is -0.456 e. The first kappa shape index (κ1) is 35.1. The van der Waals surface area contributed by atoms with Crippen LogP contribution in [0.15, 0.2) is 48.6 Å². The monoisotopic (exact) mass is 636 g/mol. The summed E-state index contributed by atoms with van der Waals surface area (Å²) in [7, 11) is 0. The summed E-state index contributed by atoms with van der Waals surface area (Å²) in [4.78, 5) is 25.1. The number of hydrogen-bond donors (Lipinski definition) is 2. The molecule has 256 valence electrons. The van der Waals surface area contributed by atoms with Crippen LogP contribution in [0, 0.1) is 45.3 Å². The molecule has 0 spiro atoms. The van der Waals surface area contributed by atoms with Gasteiger partial charge in [0.05, 0.1) is 0 Å². The Kier molecular flexibility index (Phi) is 8.98. The molecule has 0 unspecified atom stereocenters. The standard InChI is InChI=1S/2C20H30O3/c2*1-6-20(5,22)16-12-14-13(17(21)23-16)8-9-15-18(2,3)10-7-11-19(14,15)4/h2*6,8,14-16,22H,1,7,9-12H2,2-5H3/t2*14-,15-,16-,19+,20+/m00/s1. The van der Waals surface area contributed by atoms with E-state index in [0.29, 0.717) is 35.5 Å². The first-order valence-electron chi connectivity index (χ1n) is 17.8. The molecule has 2 saturated carbocycles. The van der Waals surface area contributed by atoms with Crippen LogP contribution >= 0.6 is 0 Å². The highest BCUT2D eigenvalue weighted by Crippen LogP contribution is 2.63. The first-order chi connectivity index (χ1) is 21.2. The molecular weight excluding hydrogens is 576 g/mol. The smallest absolute Gasteiger partial charge is 0.334 e. The molecule has 2 heterocycles. The summed E-state index contributed by atoms with van der Waals surface area (Å²) in [5.41, 5.74) is 0.167. The summed E-state index contributed by atoms with van der Waals surface area (Å²) in [6, 6.07) is 0. The van der Waals surface area contributed by atoms with E-state index in [1.165, 1.54) is 37.8 Å². The molecule has 4 fully saturated rings. The Morgan fingerprint density at radius 2 is 1.04 bits per heavy atom. The average molecular weight is 637 g/mol. The summed E-state index contributed by atoms with van der Waals surface area (Å²) in [6.07, 6.45) is 16.8. The molecule has 10 atom stereocenters. The van der Waals surface area contributed by atoms with Crippen molar-refractivity contribution >= 4 is 11.9 Å². The second-order valence-corrected chi connectivity index (χ2v) is 17.8. The fourth-order valence-corrected chi connectivity index (χ4v) is 11.0. The highest BCUT2D eigenvalue weighted by Gasteiger charge is 2.58. The number of fused-ring (bicyclic) bond motifs is 6. The van der Waals surface area contributed by atoms with Crippen LogP contribution in [0.4, 0.5) is 0 Å². The minimum absolute atomic E-state index is 0.112. The van der Waals surface area contributed by atoms with E-state index in [9.17, 15) is 19.8 Å². The van der Waals surface area contributed by atoms with Crippen LogP contribution in [0.25, 0.3) is 0 Å². The lowest BCUT2D eigenvalue weighted by Gasteiger charge is -2.58. The normalized spacial score (nSPS) is 41.7. The first-order valence-corrected chi connectivity index (χ1v) is 17.8. The van der Waals surface area contributed by atoms with Gasteiger partial charge in [-0.1, -0.05) is 78.7 Å². The van der Waals surface area contributed by atoms with E-state index in [4.69, 9.17) is 9.47 Å². The molecule has 6 nitrogen and oxygen atoms in total. The fraction of sp³-hybridized carbons (Fsp3) is 0.750. The molecule has 0 aromatic heterocycles. The van der Waals surface area contributed by atoms with Crippen molar-refractivity contribution in [2.24, 2.45) is 45.3 Å². The van der Waals surface area contributed by atoms with Crippen LogP contribution in [-0.2, 0) is 19.1 Å². The molecular formula is C40H60O6. The summed E-state index contributed by atoms with van der Waals surface area (Å²) in [6.45, 7) is 24.9. The Labute approximate surface area is 277 Å². The van der Waals surface area contributed by atoms with Gasteiger partial charge in [-0.15, -0.1) is 13.2 Å². The molecule has 0 aromatic carbocycles. The van der Waals surface area contributed by atoms with E-state index in [0.717, 1.165) is 36.8 Å². The third-order valence-corrected chi connectivity index (χ3v) is 14.0. The van der Waals surface area contributed by atoms with Crippen molar-refractivity contribution in [3.05, 3.63) is 48.6 Å². The Bertz CT molecular complexity index is 1210. The van der Waals surface area contributed by atoms with Crippen molar-refractivity contribution in [1.29, 1.82) is 0 Å². The molecule has 2 aliphatic heterocycles. The van der Waals surface area contributed by atoms with Gasteiger partial charge in [0.2, 0.25) is 0 Å². The van der Waals surface area contributed by atoms with Crippen LogP contribution < -0.4 is 0 Å². The number of carbonyl (C=O) groups is 2. The zero-order chi connectivity index (χ0) is 34.1. The van der Waals surface area contributed by atoms with Crippen LogP contribution in [0.1, 0.15) is 120 Å². The Morgan fingerprint density at radius 3 is 1.37 bits per heavy atom. The van der Waals surface area contributed by atoms with Crippen molar-refractivity contribution in [2.45, 2.75) is 143 Å². The number of ether oxygens (including phenoxy) is 2. The van der Waals surface area contributed by atoms with Gasteiger partial charge < -0.3 is 19.7 Å². The van der Waals surface area contributed by atoms with E-state index in [2.05, 4.69) is 66.9 Å². The van der Waals surface area contributed by atoms with Gasteiger partial charge in [0.1, 0.15) is 23.4 Å². The average Bonchev–Trinajstić information content (AvgIpc) is 2.97. The summed E-state index contributed by atoms with van der Waals surface area (Å²) in [5.74, 6) is 1.04. The number of hydrogen-bond acceptors (Lipinski definition) is 6. The van der Waals surface area contributed by atoms with Gasteiger partial charge >= 0.3 is 11.9 Å². The predicted molar refractivity (Wildman–Crippen MR) is 181 cm³/mol. The van der Waals surface area contributed by atoms with Crippen molar-refractivity contribution in [3.63, 3.8) is 0 Å². The van der Waals surface area contributed by atoms with Gasteiger partial charge in [-0.3, -0.25) is 0 Å². The van der Waals surface area contributed by atoms with E-state index in [1.807, 2.05) is 0 Å². The van der Waals surface area contributed by atoms with E-state index >= 15 is 0 Å². The predicted octanol–water partition coefficient (Wildman–Crippen LogP) is 8.04. The number of aliphatic hydroxyl groups is 2. The Morgan fingerprint density at radius 1 is 0.696 bits per heavy atom. The van der Waals surface area contributed by atoms with Crippen LogP contribution in [-0.4, -0.2) is 45.6 Å². The highest BCUT2D eigenvalue weighted by molar-refractivity contribution is 5.91. The third kappa shape index (κ3) is 5.78. The van der Waals surface area contributed by atoms with Crippen LogP contribution in [0.3, 0.4) is 0 Å². The Hall–Kier alpha value is -2.18. The quantitative estimate of drug-likeness (QED) is 0.240.